The number of hydrogen-bond donors (Lipinski definition) is 0. The summed E-state index contributed by atoms with van der Waals surface area (Å²) in [6.07, 6.45) is -0.664. The maximum Gasteiger partial charge on any atom is 0.433 e. The number of alkyl halides is 3. The number of sulfone groups is 1. The van der Waals surface area contributed by atoms with Crippen molar-refractivity contribution in [2.75, 3.05) is 5.75 Å². The number of fused-ring (bicyclic) bond motifs is 1. The highest BCUT2D eigenvalue weighted by atomic mass is 35.5. The third-order valence-corrected chi connectivity index (χ3v) is 6.59. The van der Waals surface area contributed by atoms with Gasteiger partial charge in [-0.2, -0.15) is 18.3 Å². The van der Waals surface area contributed by atoms with Gasteiger partial charge in [0.05, 0.1) is 39.8 Å². The van der Waals surface area contributed by atoms with E-state index in [1.807, 2.05) is 0 Å². The maximum absolute atomic E-state index is 13.0. The van der Waals surface area contributed by atoms with Crippen molar-refractivity contribution in [1.82, 2.24) is 29.3 Å². The molecule has 0 spiro atoms. The standard InChI is InChI=1S/C18H14ClF3N6O2S/c1-3-31(29,30)13-6-10(28-5-4-15(19)26-28)8-24-16(13)17-25-11-7-14(18(20,21)22)23-9-12(11)27(17)2/h4-9H,3H2,1-2H3. The molecule has 0 aliphatic rings. The first-order valence-corrected chi connectivity index (χ1v) is 10.9. The Bertz CT molecular complexity index is 1410. The van der Waals surface area contributed by atoms with E-state index in [1.54, 1.807) is 13.2 Å². The first kappa shape index (κ1) is 21.2. The van der Waals surface area contributed by atoms with Gasteiger partial charge in [0, 0.05) is 13.2 Å². The molecule has 0 amide bonds. The minimum Gasteiger partial charge on any atom is -0.324 e. The first-order valence-electron chi connectivity index (χ1n) is 8.85. The van der Waals surface area contributed by atoms with Crippen molar-refractivity contribution in [3.05, 3.63) is 47.6 Å². The van der Waals surface area contributed by atoms with E-state index in [-0.39, 0.29) is 32.8 Å². The molecule has 4 aromatic rings. The summed E-state index contributed by atoms with van der Waals surface area (Å²) in [6.45, 7) is 1.48. The third kappa shape index (κ3) is 3.76. The summed E-state index contributed by atoms with van der Waals surface area (Å²) in [7, 11) is -2.23. The number of rotatable bonds is 4. The molecule has 8 nitrogen and oxygen atoms in total. The molecule has 0 unspecified atom stereocenters. The van der Waals surface area contributed by atoms with Crippen LogP contribution in [0.4, 0.5) is 13.2 Å². The zero-order valence-corrected chi connectivity index (χ0v) is 17.7. The molecule has 4 heterocycles. The van der Waals surface area contributed by atoms with Crippen molar-refractivity contribution in [1.29, 1.82) is 0 Å². The van der Waals surface area contributed by atoms with Gasteiger partial charge in [-0.1, -0.05) is 18.5 Å². The Labute approximate surface area is 179 Å². The molecule has 13 heteroatoms. The van der Waals surface area contributed by atoms with Crippen LogP contribution in [0, 0.1) is 0 Å². The number of aryl methyl sites for hydroxylation is 1. The first-order chi connectivity index (χ1) is 14.5. The molecule has 0 radical (unpaired) electrons. The summed E-state index contributed by atoms with van der Waals surface area (Å²) in [6, 6.07) is 3.72. The van der Waals surface area contributed by atoms with Gasteiger partial charge in [-0.15, -0.1) is 0 Å². The van der Waals surface area contributed by atoms with E-state index in [4.69, 9.17) is 11.6 Å². The van der Waals surface area contributed by atoms with Crippen molar-refractivity contribution in [2.24, 2.45) is 7.05 Å². The molecule has 0 aliphatic heterocycles. The fourth-order valence-corrected chi connectivity index (χ4v) is 4.21. The van der Waals surface area contributed by atoms with Crippen LogP contribution in [0.5, 0.6) is 0 Å². The molecule has 0 atom stereocenters. The van der Waals surface area contributed by atoms with Crippen LogP contribution in [0.3, 0.4) is 0 Å². The van der Waals surface area contributed by atoms with Crippen LogP contribution in [0.2, 0.25) is 5.15 Å². The van der Waals surface area contributed by atoms with E-state index in [1.165, 1.54) is 34.5 Å². The molecule has 0 saturated heterocycles. The summed E-state index contributed by atoms with van der Waals surface area (Å²) in [5, 5.41) is 4.24. The lowest BCUT2D eigenvalue weighted by atomic mass is 10.3. The van der Waals surface area contributed by atoms with Crippen LogP contribution in [0.25, 0.3) is 28.2 Å². The largest absolute Gasteiger partial charge is 0.433 e. The lowest BCUT2D eigenvalue weighted by molar-refractivity contribution is -0.141. The summed E-state index contributed by atoms with van der Waals surface area (Å²) < 4.78 is 67.5. The fraction of sp³-hybridized carbons (Fsp3) is 0.222. The Kier molecular flexibility index (Phi) is 5.01. The minimum atomic E-state index is -4.63. The second-order valence-electron chi connectivity index (χ2n) is 6.58. The quantitative estimate of drug-likeness (QED) is 0.451. The van der Waals surface area contributed by atoms with Gasteiger partial charge in [0.1, 0.15) is 11.4 Å². The predicted octanol–water partition coefficient (Wildman–Crippen LogP) is 3.68. The predicted molar refractivity (Wildman–Crippen MR) is 107 cm³/mol. The fourth-order valence-electron chi connectivity index (χ4n) is 3.02. The van der Waals surface area contributed by atoms with Gasteiger partial charge < -0.3 is 4.57 Å². The monoisotopic (exact) mass is 470 g/mol. The highest BCUT2D eigenvalue weighted by molar-refractivity contribution is 7.91. The Balaban J connectivity index is 1.95. The van der Waals surface area contributed by atoms with Crippen molar-refractivity contribution >= 4 is 32.5 Å². The van der Waals surface area contributed by atoms with Gasteiger partial charge in [0.25, 0.3) is 0 Å². The van der Waals surface area contributed by atoms with E-state index in [0.717, 1.165) is 12.3 Å². The molecule has 0 aliphatic carbocycles. The highest BCUT2D eigenvalue weighted by Crippen LogP contribution is 2.32. The van der Waals surface area contributed by atoms with Gasteiger partial charge in [-0.25, -0.2) is 28.1 Å². The topological polar surface area (TPSA) is 95.6 Å². The van der Waals surface area contributed by atoms with Crippen molar-refractivity contribution in [3.63, 3.8) is 0 Å². The molecule has 0 saturated carbocycles. The lowest BCUT2D eigenvalue weighted by Crippen LogP contribution is -2.10. The molecule has 0 N–H and O–H groups in total. The summed E-state index contributed by atoms with van der Waals surface area (Å²) in [4.78, 5) is 11.8. The zero-order valence-electron chi connectivity index (χ0n) is 16.1. The van der Waals surface area contributed by atoms with Gasteiger partial charge in [0.15, 0.2) is 20.8 Å². The SMILES string of the molecule is CCS(=O)(=O)c1cc(-n2ccc(Cl)n2)cnc1-c1nc2cc(C(F)(F)F)ncc2n1C. The Morgan fingerprint density at radius 2 is 1.90 bits per heavy atom. The average molecular weight is 471 g/mol. The maximum atomic E-state index is 13.0. The number of nitrogens with zero attached hydrogens (tertiary/aromatic N) is 6. The van der Waals surface area contributed by atoms with Crippen LogP contribution in [0.15, 0.2) is 41.7 Å². The van der Waals surface area contributed by atoms with Crippen LogP contribution in [-0.2, 0) is 23.1 Å². The molecule has 4 aromatic heterocycles. The molecular weight excluding hydrogens is 457 g/mol. The number of hydrogen-bond acceptors (Lipinski definition) is 6. The molecule has 31 heavy (non-hydrogen) atoms. The van der Waals surface area contributed by atoms with Crippen LogP contribution in [-0.4, -0.2) is 43.5 Å². The summed E-state index contributed by atoms with van der Waals surface area (Å²) >= 11 is 5.84. The molecule has 4 rings (SSSR count). The summed E-state index contributed by atoms with van der Waals surface area (Å²) in [5.74, 6) is -0.123. The van der Waals surface area contributed by atoms with Crippen molar-refractivity contribution < 1.29 is 21.6 Å². The van der Waals surface area contributed by atoms with E-state index < -0.39 is 21.7 Å². The van der Waals surface area contributed by atoms with Gasteiger partial charge in [-0.3, -0.25) is 0 Å². The Morgan fingerprint density at radius 1 is 1.16 bits per heavy atom. The number of aromatic nitrogens is 6. The lowest BCUT2D eigenvalue weighted by Gasteiger charge is -2.11. The van der Waals surface area contributed by atoms with Gasteiger partial charge in [0.2, 0.25) is 0 Å². The second kappa shape index (κ2) is 7.31. The number of pyridine rings is 2. The molecule has 0 bridgehead atoms. The molecule has 162 valence electrons. The van der Waals surface area contributed by atoms with Gasteiger partial charge in [-0.05, 0) is 18.2 Å². The average Bonchev–Trinajstić information content (AvgIpc) is 3.30. The minimum absolute atomic E-state index is 0.0103. The Hall–Kier alpha value is -2.99. The van der Waals surface area contributed by atoms with E-state index in [2.05, 4.69) is 20.1 Å². The normalized spacial score (nSPS) is 12.6. The third-order valence-electron chi connectivity index (χ3n) is 4.64. The number of imidazole rings is 1. The van der Waals surface area contributed by atoms with Gasteiger partial charge >= 0.3 is 6.18 Å². The highest BCUT2D eigenvalue weighted by Gasteiger charge is 2.33. The van der Waals surface area contributed by atoms with E-state index in [9.17, 15) is 21.6 Å². The van der Waals surface area contributed by atoms with E-state index >= 15 is 0 Å². The molecule has 0 fully saturated rings. The van der Waals surface area contributed by atoms with Crippen LogP contribution in [0.1, 0.15) is 12.6 Å². The number of halogens is 4. The van der Waals surface area contributed by atoms with E-state index in [0.29, 0.717) is 11.2 Å². The smallest absolute Gasteiger partial charge is 0.324 e. The second-order valence-corrected chi connectivity index (χ2v) is 9.21. The van der Waals surface area contributed by atoms with Crippen molar-refractivity contribution in [3.8, 4) is 17.2 Å². The Morgan fingerprint density at radius 3 is 2.52 bits per heavy atom. The zero-order chi connectivity index (χ0) is 22.6. The van der Waals surface area contributed by atoms with Crippen LogP contribution >= 0.6 is 11.6 Å². The summed E-state index contributed by atoms with van der Waals surface area (Å²) in [5.41, 5.74) is -0.416. The molecule has 0 aromatic carbocycles. The van der Waals surface area contributed by atoms with Crippen molar-refractivity contribution in [2.45, 2.75) is 18.0 Å². The van der Waals surface area contributed by atoms with Crippen LogP contribution < -0.4 is 0 Å². The molecular formula is C18H14ClF3N6O2S.